The Morgan fingerprint density at radius 3 is 2.38 bits per heavy atom. The minimum Gasteiger partial charge on any atom is -0.0991 e. The van der Waals surface area contributed by atoms with Crippen molar-refractivity contribution >= 4 is 29.4 Å². The van der Waals surface area contributed by atoms with Crippen molar-refractivity contribution in [3.8, 4) is 11.1 Å². The molecule has 2 heteroatoms. The fraction of sp³-hybridized carbons (Fsp3) is 0.0667. The molecule has 4 aromatic rings. The Kier molecular flexibility index (Phi) is 4.47. The first-order chi connectivity index (χ1) is 15.6. The Labute approximate surface area is 198 Å². The van der Waals surface area contributed by atoms with Crippen molar-refractivity contribution < 1.29 is 0 Å². The molecule has 4 aromatic carbocycles. The van der Waals surface area contributed by atoms with Crippen LogP contribution in [0.5, 0.6) is 0 Å². The molecule has 6 rings (SSSR count). The Hall–Kier alpha value is -3.00. The van der Waals surface area contributed by atoms with Crippen LogP contribution in [0.1, 0.15) is 33.4 Å². The van der Waals surface area contributed by atoms with Crippen LogP contribution in [0.3, 0.4) is 0 Å². The quantitative estimate of drug-likeness (QED) is 0.239. The summed E-state index contributed by atoms with van der Waals surface area (Å²) in [6, 6.07) is 28.7. The summed E-state index contributed by atoms with van der Waals surface area (Å²) < 4.78 is 0. The van der Waals surface area contributed by atoms with Gasteiger partial charge in [0.15, 0.2) is 0 Å². The highest BCUT2D eigenvalue weighted by atomic mass is 35.5. The highest BCUT2D eigenvalue weighted by molar-refractivity contribution is 7.99. The lowest BCUT2D eigenvalue weighted by molar-refractivity contribution is 0.721. The van der Waals surface area contributed by atoms with Crippen molar-refractivity contribution in [3.63, 3.8) is 0 Å². The van der Waals surface area contributed by atoms with Gasteiger partial charge in [0.05, 0.1) is 5.41 Å². The number of benzene rings is 4. The number of halogens is 1. The summed E-state index contributed by atoms with van der Waals surface area (Å²) in [6.45, 7) is 6.03. The van der Waals surface area contributed by atoms with Crippen LogP contribution >= 0.6 is 23.4 Å². The standard InChI is InChI=1S/C30H21ClS/c1-3-4-9-20-17-29-27(16-19(20)2)30(25-12-7-8-13-28(25)32-29)24-11-6-5-10-22(24)23-15-14-21(31)18-26(23)30/h3-18H,1H2,2H3/b9-4-. The highest BCUT2D eigenvalue weighted by Gasteiger charge is 2.50. The van der Waals surface area contributed by atoms with Crippen molar-refractivity contribution in [2.45, 2.75) is 22.1 Å². The molecule has 1 aliphatic carbocycles. The summed E-state index contributed by atoms with van der Waals surface area (Å²) in [7, 11) is 0. The van der Waals surface area contributed by atoms with Gasteiger partial charge < -0.3 is 0 Å². The predicted molar refractivity (Wildman–Crippen MR) is 137 cm³/mol. The predicted octanol–water partition coefficient (Wildman–Crippen LogP) is 8.68. The minimum absolute atomic E-state index is 0.376. The zero-order valence-electron chi connectivity index (χ0n) is 17.7. The molecule has 0 saturated heterocycles. The second kappa shape index (κ2) is 7.27. The molecule has 2 aliphatic rings. The maximum atomic E-state index is 6.61. The topological polar surface area (TPSA) is 0 Å². The van der Waals surface area contributed by atoms with Crippen LogP contribution in [-0.4, -0.2) is 0 Å². The van der Waals surface area contributed by atoms with Gasteiger partial charge in [-0.05, 0) is 75.7 Å². The van der Waals surface area contributed by atoms with Gasteiger partial charge in [0.1, 0.15) is 0 Å². The van der Waals surface area contributed by atoms with Crippen molar-refractivity contribution in [2.24, 2.45) is 0 Å². The van der Waals surface area contributed by atoms with Gasteiger partial charge in [-0.1, -0.05) is 103 Å². The van der Waals surface area contributed by atoms with Crippen molar-refractivity contribution in [1.82, 2.24) is 0 Å². The molecule has 1 aliphatic heterocycles. The van der Waals surface area contributed by atoms with Gasteiger partial charge >= 0.3 is 0 Å². The van der Waals surface area contributed by atoms with E-state index in [0.717, 1.165) is 5.02 Å². The van der Waals surface area contributed by atoms with Gasteiger partial charge in [-0.2, -0.15) is 0 Å². The molecule has 154 valence electrons. The van der Waals surface area contributed by atoms with Crippen LogP contribution in [0.25, 0.3) is 17.2 Å². The van der Waals surface area contributed by atoms with Crippen LogP contribution < -0.4 is 0 Å². The Bertz CT molecular complexity index is 1450. The average Bonchev–Trinajstić information content (AvgIpc) is 3.09. The molecule has 0 N–H and O–H groups in total. The van der Waals surface area contributed by atoms with E-state index in [1.54, 1.807) is 0 Å². The Morgan fingerprint density at radius 2 is 1.53 bits per heavy atom. The number of hydrogen-bond acceptors (Lipinski definition) is 1. The van der Waals surface area contributed by atoms with E-state index in [0.29, 0.717) is 0 Å². The monoisotopic (exact) mass is 448 g/mol. The normalized spacial score (nSPS) is 17.7. The lowest BCUT2D eigenvalue weighted by Gasteiger charge is -2.40. The van der Waals surface area contributed by atoms with E-state index in [2.05, 4.69) is 92.4 Å². The number of fused-ring (bicyclic) bond motifs is 9. The average molecular weight is 449 g/mol. The summed E-state index contributed by atoms with van der Waals surface area (Å²) in [6.07, 6.45) is 5.98. The molecular formula is C30H21ClS. The van der Waals surface area contributed by atoms with Crippen LogP contribution in [-0.2, 0) is 5.41 Å². The van der Waals surface area contributed by atoms with Gasteiger partial charge in [0.25, 0.3) is 0 Å². The number of rotatable bonds is 2. The molecule has 0 aromatic heterocycles. The molecule has 1 spiro atoms. The first-order valence-corrected chi connectivity index (χ1v) is 12.0. The lowest BCUT2D eigenvalue weighted by Crippen LogP contribution is -2.32. The van der Waals surface area contributed by atoms with Gasteiger partial charge in [-0.15, -0.1) is 0 Å². The largest absolute Gasteiger partial charge is 0.0991 e. The molecule has 0 radical (unpaired) electrons. The summed E-state index contributed by atoms with van der Waals surface area (Å²) >= 11 is 8.47. The van der Waals surface area contributed by atoms with Gasteiger partial charge in [-0.3, -0.25) is 0 Å². The van der Waals surface area contributed by atoms with Crippen LogP contribution in [0.4, 0.5) is 0 Å². The molecule has 1 unspecified atom stereocenters. The number of hydrogen-bond donors (Lipinski definition) is 0. The second-order valence-electron chi connectivity index (χ2n) is 8.38. The van der Waals surface area contributed by atoms with Crippen molar-refractivity contribution in [1.29, 1.82) is 0 Å². The molecule has 0 fully saturated rings. The van der Waals surface area contributed by atoms with E-state index in [1.807, 2.05) is 30.0 Å². The van der Waals surface area contributed by atoms with E-state index in [4.69, 9.17) is 11.6 Å². The third kappa shape index (κ3) is 2.59. The fourth-order valence-corrected chi connectivity index (χ4v) is 6.79. The van der Waals surface area contributed by atoms with Gasteiger partial charge in [0.2, 0.25) is 0 Å². The molecule has 32 heavy (non-hydrogen) atoms. The van der Waals surface area contributed by atoms with Crippen molar-refractivity contribution in [2.75, 3.05) is 0 Å². The molecule has 0 nitrogen and oxygen atoms in total. The zero-order chi connectivity index (χ0) is 21.9. The van der Waals surface area contributed by atoms with Crippen LogP contribution in [0.2, 0.25) is 5.02 Å². The maximum Gasteiger partial charge on any atom is 0.0736 e. The number of allylic oxidation sites excluding steroid dienone is 2. The molecule has 1 atom stereocenters. The SMILES string of the molecule is C=C/C=C\c1cc2c(cc1C)C1(c3ccccc3S2)c2ccccc2-c2ccc(Cl)cc21. The number of aryl methyl sites for hydroxylation is 1. The minimum atomic E-state index is -0.376. The molecular weight excluding hydrogens is 428 g/mol. The van der Waals surface area contributed by atoms with Gasteiger partial charge in [0, 0.05) is 14.8 Å². The fourth-order valence-electron chi connectivity index (χ4n) is 5.39. The lowest BCUT2D eigenvalue weighted by atomic mass is 9.67. The van der Waals surface area contributed by atoms with Crippen molar-refractivity contribution in [3.05, 3.63) is 136 Å². The third-order valence-electron chi connectivity index (χ3n) is 6.70. The summed E-state index contributed by atoms with van der Waals surface area (Å²) in [4.78, 5) is 2.59. The van der Waals surface area contributed by atoms with E-state index in [1.165, 1.54) is 54.3 Å². The van der Waals surface area contributed by atoms with E-state index >= 15 is 0 Å². The smallest absolute Gasteiger partial charge is 0.0736 e. The summed E-state index contributed by atoms with van der Waals surface area (Å²) in [5.41, 5.74) is 9.94. The van der Waals surface area contributed by atoms with Gasteiger partial charge in [-0.25, -0.2) is 0 Å². The highest BCUT2D eigenvalue weighted by Crippen LogP contribution is 2.62. The zero-order valence-corrected chi connectivity index (χ0v) is 19.3. The molecule has 1 heterocycles. The molecule has 0 saturated carbocycles. The third-order valence-corrected chi connectivity index (χ3v) is 8.07. The van der Waals surface area contributed by atoms with E-state index in [9.17, 15) is 0 Å². The summed E-state index contributed by atoms with van der Waals surface area (Å²) in [5.74, 6) is 0. The second-order valence-corrected chi connectivity index (χ2v) is 9.90. The Balaban J connectivity index is 1.79. The summed E-state index contributed by atoms with van der Waals surface area (Å²) in [5, 5.41) is 0.774. The van der Waals surface area contributed by atoms with E-state index in [-0.39, 0.29) is 5.41 Å². The molecule has 0 bridgehead atoms. The molecule has 0 amide bonds. The van der Waals surface area contributed by atoms with Crippen LogP contribution in [0, 0.1) is 6.92 Å². The van der Waals surface area contributed by atoms with E-state index < -0.39 is 0 Å². The maximum absolute atomic E-state index is 6.61. The first-order valence-electron chi connectivity index (χ1n) is 10.8. The first kappa shape index (κ1) is 19.7. The van der Waals surface area contributed by atoms with Crippen LogP contribution in [0.15, 0.2) is 107 Å². The Morgan fingerprint density at radius 1 is 0.781 bits per heavy atom.